The number of hydrogen-bond donors (Lipinski definition) is 3. The van der Waals surface area contributed by atoms with Crippen LogP contribution in [-0.4, -0.2) is 30.4 Å². The molecule has 0 radical (unpaired) electrons. The van der Waals surface area contributed by atoms with Crippen molar-refractivity contribution in [3.8, 4) is 5.75 Å². The Kier molecular flexibility index (Phi) is 5.27. The standard InChI is InChI=1S/C17H19F4N3O3/c1-8(11-5-4-10(6-12(11)18)27-17(19,20)21)22-16(26)13-7-14(25)24-15(23-13)9-2-3-9/h4-6,8-9,13,15,23H,2-3,7H2,1H3,(H,22,26)(H,24,25)/t8-,13?,15?/m1/s1. The van der Waals surface area contributed by atoms with Gasteiger partial charge in [-0.2, -0.15) is 0 Å². The number of benzene rings is 1. The van der Waals surface area contributed by atoms with E-state index >= 15 is 0 Å². The van der Waals surface area contributed by atoms with E-state index in [-0.39, 0.29) is 24.1 Å². The maximum atomic E-state index is 14.1. The SMILES string of the molecule is C[C@@H](NC(=O)C1CC(=O)NC(C2CC2)N1)c1ccc(OC(F)(F)F)cc1F. The highest BCUT2D eigenvalue weighted by Crippen LogP contribution is 2.33. The molecule has 2 amide bonds. The summed E-state index contributed by atoms with van der Waals surface area (Å²) in [5, 5.41) is 8.45. The number of nitrogens with one attached hydrogen (secondary N) is 3. The van der Waals surface area contributed by atoms with Crippen molar-refractivity contribution < 1.29 is 31.9 Å². The minimum Gasteiger partial charge on any atom is -0.406 e. The Morgan fingerprint density at radius 2 is 2.04 bits per heavy atom. The lowest BCUT2D eigenvalue weighted by molar-refractivity contribution is -0.274. The summed E-state index contributed by atoms with van der Waals surface area (Å²) in [4.78, 5) is 24.2. The first-order chi connectivity index (χ1) is 12.6. The molecule has 2 unspecified atom stereocenters. The van der Waals surface area contributed by atoms with E-state index in [9.17, 15) is 27.2 Å². The second-order valence-corrected chi connectivity index (χ2v) is 6.77. The zero-order valence-corrected chi connectivity index (χ0v) is 14.4. The molecule has 27 heavy (non-hydrogen) atoms. The van der Waals surface area contributed by atoms with Gasteiger partial charge in [0.2, 0.25) is 11.8 Å². The van der Waals surface area contributed by atoms with Gasteiger partial charge in [0, 0.05) is 11.6 Å². The van der Waals surface area contributed by atoms with E-state index in [0.717, 1.165) is 25.0 Å². The normalized spacial score (nSPS) is 24.1. The average molecular weight is 389 g/mol. The molecule has 3 rings (SSSR count). The number of halogens is 4. The molecule has 148 valence electrons. The van der Waals surface area contributed by atoms with Crippen molar-refractivity contribution in [1.29, 1.82) is 0 Å². The first-order valence-electron chi connectivity index (χ1n) is 8.53. The van der Waals surface area contributed by atoms with E-state index < -0.39 is 35.9 Å². The molecule has 1 aliphatic heterocycles. The fourth-order valence-electron chi connectivity index (χ4n) is 3.03. The molecule has 2 fully saturated rings. The molecule has 3 atom stereocenters. The van der Waals surface area contributed by atoms with Crippen LogP contribution in [0.5, 0.6) is 5.75 Å². The Morgan fingerprint density at radius 3 is 2.63 bits per heavy atom. The van der Waals surface area contributed by atoms with Crippen molar-refractivity contribution >= 4 is 11.8 Å². The molecule has 1 heterocycles. The molecule has 1 saturated carbocycles. The third kappa shape index (κ3) is 5.09. The van der Waals surface area contributed by atoms with Gasteiger partial charge in [-0.05, 0) is 31.7 Å². The maximum Gasteiger partial charge on any atom is 0.573 e. The van der Waals surface area contributed by atoms with Gasteiger partial charge >= 0.3 is 6.36 Å². The number of hydrogen-bond acceptors (Lipinski definition) is 4. The molecule has 1 aliphatic carbocycles. The zero-order chi connectivity index (χ0) is 19.8. The summed E-state index contributed by atoms with van der Waals surface area (Å²) in [5.74, 6) is -2.02. The number of alkyl halides is 3. The third-order valence-electron chi connectivity index (χ3n) is 4.53. The number of amides is 2. The molecule has 10 heteroatoms. The smallest absolute Gasteiger partial charge is 0.406 e. The Morgan fingerprint density at radius 1 is 1.33 bits per heavy atom. The van der Waals surface area contributed by atoms with Crippen molar-refractivity contribution in [3.05, 3.63) is 29.6 Å². The number of carbonyl (C=O) groups is 2. The first kappa shape index (κ1) is 19.4. The third-order valence-corrected chi connectivity index (χ3v) is 4.53. The Balaban J connectivity index is 1.63. The highest BCUT2D eigenvalue weighted by molar-refractivity contribution is 5.89. The van der Waals surface area contributed by atoms with Crippen LogP contribution in [0, 0.1) is 11.7 Å². The van der Waals surface area contributed by atoms with Crippen molar-refractivity contribution in [3.63, 3.8) is 0 Å². The van der Waals surface area contributed by atoms with Gasteiger partial charge in [-0.1, -0.05) is 6.07 Å². The quantitative estimate of drug-likeness (QED) is 0.674. The summed E-state index contributed by atoms with van der Waals surface area (Å²) in [6.07, 6.45) is -3.27. The molecule has 1 saturated heterocycles. The summed E-state index contributed by atoms with van der Waals surface area (Å²) in [6, 6.07) is 1.16. The molecule has 0 aromatic heterocycles. The van der Waals surface area contributed by atoms with Gasteiger partial charge in [0.1, 0.15) is 11.6 Å². The first-order valence-corrected chi connectivity index (χ1v) is 8.53. The number of ether oxygens (including phenoxy) is 1. The average Bonchev–Trinajstić information content (AvgIpc) is 3.37. The molecule has 3 N–H and O–H groups in total. The van der Waals surface area contributed by atoms with Crippen LogP contribution in [0.4, 0.5) is 17.6 Å². The lowest BCUT2D eigenvalue weighted by atomic mass is 10.0. The minimum atomic E-state index is -4.92. The van der Waals surface area contributed by atoms with E-state index in [4.69, 9.17) is 0 Å². The van der Waals surface area contributed by atoms with Crippen LogP contribution in [0.3, 0.4) is 0 Å². The summed E-state index contributed by atoms with van der Waals surface area (Å²) in [7, 11) is 0. The molecule has 2 aliphatic rings. The second kappa shape index (κ2) is 7.34. The fourth-order valence-corrected chi connectivity index (χ4v) is 3.03. The van der Waals surface area contributed by atoms with Crippen molar-refractivity contribution in [2.24, 2.45) is 5.92 Å². The van der Waals surface area contributed by atoms with Crippen LogP contribution in [0.1, 0.15) is 37.8 Å². The minimum absolute atomic E-state index is 0.0110. The molecular formula is C17H19F4N3O3. The Labute approximate surface area is 152 Å². The van der Waals surface area contributed by atoms with Gasteiger partial charge in [-0.3, -0.25) is 14.9 Å². The predicted molar refractivity (Wildman–Crippen MR) is 85.8 cm³/mol. The van der Waals surface area contributed by atoms with Gasteiger partial charge in [0.05, 0.1) is 24.7 Å². The molecular weight excluding hydrogens is 370 g/mol. The van der Waals surface area contributed by atoms with Gasteiger partial charge in [-0.15, -0.1) is 13.2 Å². The molecule has 1 aromatic carbocycles. The Hall–Kier alpha value is -2.36. The second-order valence-electron chi connectivity index (χ2n) is 6.77. The topological polar surface area (TPSA) is 79.5 Å². The molecule has 1 aromatic rings. The van der Waals surface area contributed by atoms with Gasteiger partial charge in [0.15, 0.2) is 0 Å². The Bertz CT molecular complexity index is 737. The molecule has 0 spiro atoms. The van der Waals surface area contributed by atoms with Crippen molar-refractivity contribution in [2.45, 2.75) is 50.8 Å². The summed E-state index contributed by atoms with van der Waals surface area (Å²) >= 11 is 0. The van der Waals surface area contributed by atoms with Crippen LogP contribution in [0.2, 0.25) is 0 Å². The van der Waals surface area contributed by atoms with Crippen LogP contribution >= 0.6 is 0 Å². The lowest BCUT2D eigenvalue weighted by Crippen LogP contribution is -2.61. The van der Waals surface area contributed by atoms with Crippen LogP contribution in [-0.2, 0) is 9.59 Å². The van der Waals surface area contributed by atoms with Gasteiger partial charge in [-0.25, -0.2) is 4.39 Å². The van der Waals surface area contributed by atoms with E-state index in [1.165, 1.54) is 6.92 Å². The van der Waals surface area contributed by atoms with Crippen LogP contribution in [0.25, 0.3) is 0 Å². The van der Waals surface area contributed by atoms with Gasteiger partial charge in [0.25, 0.3) is 0 Å². The largest absolute Gasteiger partial charge is 0.573 e. The van der Waals surface area contributed by atoms with Crippen molar-refractivity contribution in [2.75, 3.05) is 0 Å². The van der Waals surface area contributed by atoms with Crippen LogP contribution in [0.15, 0.2) is 18.2 Å². The summed E-state index contributed by atoms with van der Waals surface area (Å²) in [6.45, 7) is 1.50. The van der Waals surface area contributed by atoms with E-state index in [1.807, 2.05) is 0 Å². The highest BCUT2D eigenvalue weighted by Gasteiger charge is 2.39. The fraction of sp³-hybridized carbons (Fsp3) is 0.529. The zero-order valence-electron chi connectivity index (χ0n) is 14.4. The highest BCUT2D eigenvalue weighted by atomic mass is 19.4. The van der Waals surface area contributed by atoms with E-state index in [1.54, 1.807) is 0 Å². The molecule has 0 bridgehead atoms. The molecule has 6 nitrogen and oxygen atoms in total. The maximum absolute atomic E-state index is 14.1. The summed E-state index contributed by atoms with van der Waals surface area (Å²) in [5.41, 5.74) is 0.0110. The predicted octanol–water partition coefficient (Wildman–Crippen LogP) is 2.12. The van der Waals surface area contributed by atoms with Gasteiger partial charge < -0.3 is 15.4 Å². The monoisotopic (exact) mass is 389 g/mol. The lowest BCUT2D eigenvalue weighted by Gasteiger charge is -2.31. The number of rotatable bonds is 5. The summed E-state index contributed by atoms with van der Waals surface area (Å²) < 4.78 is 54.4. The van der Waals surface area contributed by atoms with E-state index in [0.29, 0.717) is 12.0 Å². The number of carbonyl (C=O) groups excluding carboxylic acids is 2. The van der Waals surface area contributed by atoms with E-state index in [2.05, 4.69) is 20.7 Å². The van der Waals surface area contributed by atoms with Crippen LogP contribution < -0.4 is 20.7 Å². The van der Waals surface area contributed by atoms with Crippen molar-refractivity contribution in [1.82, 2.24) is 16.0 Å².